The Morgan fingerprint density at radius 2 is 2.55 bits per heavy atom. The van der Waals surface area contributed by atoms with Crippen molar-refractivity contribution in [3.63, 3.8) is 0 Å². The minimum atomic E-state index is -0.125. The Bertz CT molecular complexity index is 255. The molecule has 1 heterocycles. The van der Waals surface area contributed by atoms with Gasteiger partial charge in [0.25, 0.3) is 0 Å². The Kier molecular flexibility index (Phi) is 2.20. The van der Waals surface area contributed by atoms with E-state index < -0.39 is 0 Å². The Balaban J connectivity index is 2.76. The summed E-state index contributed by atoms with van der Waals surface area (Å²) in [4.78, 5) is 10.6. The molecule has 0 saturated carbocycles. The smallest absolute Gasteiger partial charge is 0.235 e. The minimum Gasteiger partial charge on any atom is -0.274 e. The first-order chi connectivity index (χ1) is 5.24. The van der Waals surface area contributed by atoms with Crippen LogP contribution in [0.5, 0.6) is 0 Å². The van der Waals surface area contributed by atoms with Gasteiger partial charge in [0, 0.05) is 13.3 Å². The maximum atomic E-state index is 10.6. The van der Waals surface area contributed by atoms with E-state index in [2.05, 4.69) is 15.6 Å². The lowest BCUT2D eigenvalue weighted by Gasteiger charge is -2.02. The van der Waals surface area contributed by atoms with Gasteiger partial charge < -0.3 is 0 Å². The molecule has 0 radical (unpaired) electrons. The van der Waals surface area contributed by atoms with Crippen molar-refractivity contribution in [1.82, 2.24) is 14.9 Å². The molecule has 11 heavy (non-hydrogen) atoms. The lowest BCUT2D eigenvalue weighted by atomic mass is 10.5. The van der Waals surface area contributed by atoms with Crippen molar-refractivity contribution in [3.8, 4) is 0 Å². The summed E-state index contributed by atoms with van der Waals surface area (Å²) in [5, 5.41) is 7.43. The van der Waals surface area contributed by atoms with E-state index in [0.717, 1.165) is 12.2 Å². The Morgan fingerprint density at radius 3 is 3.09 bits per heavy atom. The van der Waals surface area contributed by atoms with Crippen molar-refractivity contribution < 1.29 is 4.79 Å². The van der Waals surface area contributed by atoms with E-state index >= 15 is 0 Å². The van der Waals surface area contributed by atoms with E-state index in [0.29, 0.717) is 0 Å². The van der Waals surface area contributed by atoms with Crippen LogP contribution in [0.1, 0.15) is 19.7 Å². The highest BCUT2D eigenvalue weighted by Crippen LogP contribution is 1.91. The zero-order valence-corrected chi connectivity index (χ0v) is 6.53. The van der Waals surface area contributed by atoms with Gasteiger partial charge >= 0.3 is 0 Å². The molecule has 0 unspecified atom stereocenters. The third kappa shape index (κ3) is 1.76. The second-order valence-electron chi connectivity index (χ2n) is 2.14. The Morgan fingerprint density at radius 1 is 1.82 bits per heavy atom. The number of carbonyl (C=O) groups excluding carboxylic acids is 1. The molecule has 0 aliphatic carbocycles. The minimum absolute atomic E-state index is 0.125. The van der Waals surface area contributed by atoms with Crippen LogP contribution < -0.4 is 5.43 Å². The van der Waals surface area contributed by atoms with Gasteiger partial charge in [-0.25, -0.2) is 4.68 Å². The molecule has 0 aliphatic heterocycles. The summed E-state index contributed by atoms with van der Waals surface area (Å²) in [7, 11) is 0. The zero-order chi connectivity index (χ0) is 8.27. The van der Waals surface area contributed by atoms with Crippen molar-refractivity contribution in [3.05, 3.63) is 12.2 Å². The number of amides is 1. The van der Waals surface area contributed by atoms with Crippen LogP contribution in [-0.2, 0) is 11.2 Å². The number of aryl methyl sites for hydroxylation is 1. The van der Waals surface area contributed by atoms with E-state index in [1.165, 1.54) is 17.9 Å². The van der Waals surface area contributed by atoms with Crippen LogP contribution in [-0.4, -0.2) is 20.8 Å². The summed E-state index contributed by atoms with van der Waals surface area (Å²) in [5.74, 6) is 0.625. The number of aromatic nitrogens is 3. The van der Waals surface area contributed by atoms with Crippen LogP contribution >= 0.6 is 0 Å². The Hall–Kier alpha value is -1.39. The standard InChI is InChI=1S/C6H10N4O/c1-3-6-8-7-4-10(6)9-5(2)11/h4H,3H2,1-2H3,(H,9,11). The molecule has 1 aromatic rings. The predicted molar refractivity (Wildman–Crippen MR) is 39.4 cm³/mol. The first-order valence-electron chi connectivity index (χ1n) is 3.40. The average Bonchev–Trinajstić information content (AvgIpc) is 2.34. The van der Waals surface area contributed by atoms with Crippen LogP contribution in [0.15, 0.2) is 6.33 Å². The molecule has 5 heteroatoms. The molecular formula is C6H10N4O. The highest BCUT2D eigenvalue weighted by Gasteiger charge is 2.00. The number of carbonyl (C=O) groups is 1. The van der Waals surface area contributed by atoms with Crippen LogP contribution in [0.2, 0.25) is 0 Å². The second-order valence-corrected chi connectivity index (χ2v) is 2.14. The van der Waals surface area contributed by atoms with Gasteiger partial charge in [-0.15, -0.1) is 10.2 Å². The van der Waals surface area contributed by atoms with Crippen LogP contribution in [0.4, 0.5) is 0 Å². The second kappa shape index (κ2) is 3.14. The van der Waals surface area contributed by atoms with E-state index in [4.69, 9.17) is 0 Å². The largest absolute Gasteiger partial charge is 0.274 e. The topological polar surface area (TPSA) is 59.8 Å². The summed E-state index contributed by atoms with van der Waals surface area (Å²) >= 11 is 0. The third-order valence-corrected chi connectivity index (χ3v) is 1.21. The van der Waals surface area contributed by atoms with Crippen LogP contribution in [0.3, 0.4) is 0 Å². The SMILES string of the molecule is CCc1nncn1NC(C)=O. The lowest BCUT2D eigenvalue weighted by molar-refractivity contribution is -0.115. The lowest BCUT2D eigenvalue weighted by Crippen LogP contribution is -2.20. The monoisotopic (exact) mass is 154 g/mol. The van der Waals surface area contributed by atoms with Gasteiger partial charge in [0.1, 0.15) is 6.33 Å². The number of nitrogens with one attached hydrogen (secondary N) is 1. The molecule has 0 saturated heterocycles. The van der Waals surface area contributed by atoms with Gasteiger partial charge in [0.2, 0.25) is 5.91 Å². The van der Waals surface area contributed by atoms with Gasteiger partial charge in [0.15, 0.2) is 5.82 Å². The summed E-state index contributed by atoms with van der Waals surface area (Å²) in [6, 6.07) is 0. The highest BCUT2D eigenvalue weighted by molar-refractivity contribution is 5.80. The van der Waals surface area contributed by atoms with Crippen molar-refractivity contribution >= 4 is 5.91 Å². The van der Waals surface area contributed by atoms with Crippen molar-refractivity contribution in [2.45, 2.75) is 20.3 Å². The molecule has 1 N–H and O–H groups in total. The van der Waals surface area contributed by atoms with E-state index in [-0.39, 0.29) is 5.91 Å². The quantitative estimate of drug-likeness (QED) is 0.648. The molecule has 1 amide bonds. The van der Waals surface area contributed by atoms with Crippen LogP contribution in [0, 0.1) is 0 Å². The molecule has 0 aromatic carbocycles. The van der Waals surface area contributed by atoms with E-state index in [1.807, 2.05) is 6.92 Å². The van der Waals surface area contributed by atoms with Gasteiger partial charge in [-0.1, -0.05) is 6.92 Å². The summed E-state index contributed by atoms with van der Waals surface area (Å²) < 4.78 is 1.52. The molecule has 60 valence electrons. The summed E-state index contributed by atoms with van der Waals surface area (Å²) in [6.45, 7) is 3.39. The maximum absolute atomic E-state index is 10.6. The van der Waals surface area contributed by atoms with Gasteiger partial charge in [-0.3, -0.25) is 10.2 Å². The number of hydrogen-bond acceptors (Lipinski definition) is 3. The molecule has 0 atom stereocenters. The van der Waals surface area contributed by atoms with Gasteiger partial charge in [-0.05, 0) is 0 Å². The van der Waals surface area contributed by atoms with Gasteiger partial charge in [-0.2, -0.15) is 0 Å². The fourth-order valence-corrected chi connectivity index (χ4v) is 0.763. The van der Waals surface area contributed by atoms with Crippen molar-refractivity contribution in [2.24, 2.45) is 0 Å². The first kappa shape index (κ1) is 7.71. The Labute approximate surface area is 64.4 Å². The molecule has 0 bridgehead atoms. The average molecular weight is 154 g/mol. The first-order valence-corrected chi connectivity index (χ1v) is 3.40. The zero-order valence-electron chi connectivity index (χ0n) is 6.53. The molecule has 5 nitrogen and oxygen atoms in total. The van der Waals surface area contributed by atoms with Crippen LogP contribution in [0.25, 0.3) is 0 Å². The molecule has 0 fully saturated rings. The summed E-state index contributed by atoms with van der Waals surface area (Å²) in [6.07, 6.45) is 2.22. The molecule has 0 aliphatic rings. The highest BCUT2D eigenvalue weighted by atomic mass is 16.2. The normalized spacial score (nSPS) is 9.64. The van der Waals surface area contributed by atoms with E-state index in [1.54, 1.807) is 0 Å². The molecule has 0 spiro atoms. The molecular weight excluding hydrogens is 144 g/mol. The van der Waals surface area contributed by atoms with Crippen molar-refractivity contribution in [1.29, 1.82) is 0 Å². The van der Waals surface area contributed by atoms with Gasteiger partial charge in [0.05, 0.1) is 0 Å². The summed E-state index contributed by atoms with van der Waals surface area (Å²) in [5.41, 5.74) is 2.56. The third-order valence-electron chi connectivity index (χ3n) is 1.21. The predicted octanol–water partition coefficient (Wildman–Crippen LogP) is -0.0695. The van der Waals surface area contributed by atoms with E-state index in [9.17, 15) is 4.79 Å². The maximum Gasteiger partial charge on any atom is 0.235 e. The number of nitrogens with zero attached hydrogens (tertiary/aromatic N) is 3. The molecule has 1 rings (SSSR count). The number of hydrogen-bond donors (Lipinski definition) is 1. The number of rotatable bonds is 2. The molecule has 1 aromatic heterocycles. The fourth-order valence-electron chi connectivity index (χ4n) is 0.763. The van der Waals surface area contributed by atoms with Crippen molar-refractivity contribution in [2.75, 3.05) is 5.43 Å². The fraction of sp³-hybridized carbons (Fsp3) is 0.500.